The highest BCUT2D eigenvalue weighted by molar-refractivity contribution is 9.10. The summed E-state index contributed by atoms with van der Waals surface area (Å²) in [7, 11) is 4.08. The van der Waals surface area contributed by atoms with Crippen LogP contribution >= 0.6 is 15.9 Å². The van der Waals surface area contributed by atoms with E-state index < -0.39 is 0 Å². The lowest BCUT2D eigenvalue weighted by molar-refractivity contribution is 0.0734. The minimum Gasteiger partial charge on any atom is -0.339 e. The number of halogens is 1. The summed E-state index contributed by atoms with van der Waals surface area (Å²) < 4.78 is 3.14. The monoisotopic (exact) mass is 341 g/mol. The van der Waals surface area contributed by atoms with E-state index in [1.165, 1.54) is 12.8 Å². The van der Waals surface area contributed by atoms with Crippen LogP contribution in [0.15, 0.2) is 16.7 Å². The van der Waals surface area contributed by atoms with Crippen molar-refractivity contribution in [3.63, 3.8) is 0 Å². The van der Waals surface area contributed by atoms with Crippen molar-refractivity contribution in [2.45, 2.75) is 32.2 Å². The van der Waals surface area contributed by atoms with Crippen LogP contribution in [0.5, 0.6) is 0 Å². The molecule has 0 unspecified atom stereocenters. The molecule has 0 saturated heterocycles. The maximum Gasteiger partial charge on any atom is 0.270 e. The molecule has 1 aromatic heterocycles. The molecule has 1 aliphatic rings. The van der Waals surface area contributed by atoms with E-state index in [9.17, 15) is 4.79 Å². The molecule has 0 spiro atoms. The van der Waals surface area contributed by atoms with Crippen LogP contribution < -0.4 is 0 Å². The van der Waals surface area contributed by atoms with Gasteiger partial charge in [0.05, 0.1) is 0 Å². The number of carbonyl (C=O) groups excluding carboxylic acids is 1. The lowest BCUT2D eigenvalue weighted by Gasteiger charge is -2.24. The van der Waals surface area contributed by atoms with Gasteiger partial charge in [-0.2, -0.15) is 0 Å². The number of hydrogen-bond acceptors (Lipinski definition) is 2. The van der Waals surface area contributed by atoms with Crippen LogP contribution in [-0.2, 0) is 0 Å². The SMILES string of the molecule is CCCN(CCN(C)C)C(=O)c1cc(Br)cn1C1CC1. The Bertz CT molecular complexity index is 466. The molecule has 5 heteroatoms. The van der Waals surface area contributed by atoms with Crippen LogP contribution in [0.4, 0.5) is 0 Å². The number of aromatic nitrogens is 1. The second kappa shape index (κ2) is 6.76. The molecule has 1 saturated carbocycles. The standard InChI is InChI=1S/C15H24BrN3O/c1-4-7-18(9-8-17(2)3)15(20)14-10-12(16)11-19(14)13-5-6-13/h10-11,13H,4-9H2,1-3H3. The lowest BCUT2D eigenvalue weighted by Crippen LogP contribution is -2.38. The maximum absolute atomic E-state index is 12.8. The highest BCUT2D eigenvalue weighted by Crippen LogP contribution is 2.37. The number of carbonyl (C=O) groups is 1. The third-order valence-corrected chi connectivity index (χ3v) is 4.01. The molecule has 0 N–H and O–H groups in total. The minimum atomic E-state index is 0.159. The lowest BCUT2D eigenvalue weighted by atomic mass is 10.3. The molecule has 20 heavy (non-hydrogen) atoms. The summed E-state index contributed by atoms with van der Waals surface area (Å²) in [6.45, 7) is 4.62. The molecular formula is C15H24BrN3O. The molecule has 0 bridgehead atoms. The Labute approximate surface area is 129 Å². The summed E-state index contributed by atoms with van der Waals surface area (Å²) >= 11 is 3.50. The van der Waals surface area contributed by atoms with Gasteiger partial charge >= 0.3 is 0 Å². The van der Waals surface area contributed by atoms with Gasteiger partial charge in [-0.15, -0.1) is 0 Å². The van der Waals surface area contributed by atoms with Crippen molar-refractivity contribution in [2.24, 2.45) is 0 Å². The fraction of sp³-hybridized carbons (Fsp3) is 0.667. The van der Waals surface area contributed by atoms with Gasteiger partial charge in [-0.05, 0) is 55.4 Å². The smallest absolute Gasteiger partial charge is 0.270 e. The molecule has 0 aromatic carbocycles. The van der Waals surface area contributed by atoms with E-state index in [-0.39, 0.29) is 5.91 Å². The molecule has 0 radical (unpaired) electrons. The normalized spacial score (nSPS) is 14.8. The Morgan fingerprint density at radius 2 is 2.05 bits per heavy atom. The van der Waals surface area contributed by atoms with E-state index in [2.05, 4.69) is 32.3 Å². The third-order valence-electron chi connectivity index (χ3n) is 3.57. The van der Waals surface area contributed by atoms with Crippen LogP contribution in [-0.4, -0.2) is 54.0 Å². The Kier molecular flexibility index (Phi) is 5.27. The van der Waals surface area contributed by atoms with Gasteiger partial charge in [0, 0.05) is 36.3 Å². The summed E-state index contributed by atoms with van der Waals surface area (Å²) in [6, 6.07) is 2.48. The second-order valence-corrected chi connectivity index (χ2v) is 6.69. The Morgan fingerprint density at radius 1 is 1.35 bits per heavy atom. The fourth-order valence-electron chi connectivity index (χ4n) is 2.34. The molecule has 2 rings (SSSR count). The number of nitrogens with zero attached hydrogens (tertiary/aromatic N) is 3. The molecule has 0 atom stereocenters. The second-order valence-electron chi connectivity index (χ2n) is 5.78. The van der Waals surface area contributed by atoms with Gasteiger partial charge in [0.2, 0.25) is 0 Å². The van der Waals surface area contributed by atoms with Crippen molar-refractivity contribution < 1.29 is 4.79 Å². The van der Waals surface area contributed by atoms with Crippen LogP contribution in [0.3, 0.4) is 0 Å². The Balaban J connectivity index is 2.13. The fourth-order valence-corrected chi connectivity index (χ4v) is 2.78. The number of rotatable bonds is 7. The highest BCUT2D eigenvalue weighted by atomic mass is 79.9. The van der Waals surface area contributed by atoms with Gasteiger partial charge in [0.15, 0.2) is 0 Å². The van der Waals surface area contributed by atoms with Crippen molar-refractivity contribution >= 4 is 21.8 Å². The predicted octanol–water partition coefficient (Wildman–Crippen LogP) is 3.00. The highest BCUT2D eigenvalue weighted by Gasteiger charge is 2.29. The van der Waals surface area contributed by atoms with Crippen molar-refractivity contribution in [1.82, 2.24) is 14.4 Å². The molecule has 1 heterocycles. The van der Waals surface area contributed by atoms with Crippen molar-refractivity contribution in [3.05, 3.63) is 22.4 Å². The first-order valence-electron chi connectivity index (χ1n) is 7.34. The van der Waals surface area contributed by atoms with Crippen LogP contribution in [0, 0.1) is 0 Å². The number of likely N-dealkylation sites (N-methyl/N-ethyl adjacent to an activating group) is 1. The molecule has 112 valence electrons. The first-order valence-corrected chi connectivity index (χ1v) is 8.13. The average molecular weight is 342 g/mol. The van der Waals surface area contributed by atoms with Gasteiger partial charge in [-0.3, -0.25) is 4.79 Å². The first-order chi connectivity index (χ1) is 9.52. The molecule has 1 aliphatic carbocycles. The average Bonchev–Trinajstić information content (AvgIpc) is 3.16. The van der Waals surface area contributed by atoms with Crippen LogP contribution in [0.25, 0.3) is 0 Å². The molecule has 0 aliphatic heterocycles. The van der Waals surface area contributed by atoms with E-state index >= 15 is 0 Å². The van der Waals surface area contributed by atoms with Crippen molar-refractivity contribution in [3.8, 4) is 0 Å². The maximum atomic E-state index is 12.8. The zero-order chi connectivity index (χ0) is 14.7. The van der Waals surface area contributed by atoms with E-state index in [0.29, 0.717) is 6.04 Å². The van der Waals surface area contributed by atoms with E-state index in [0.717, 1.165) is 36.2 Å². The zero-order valence-corrected chi connectivity index (χ0v) is 14.2. The summed E-state index contributed by atoms with van der Waals surface area (Å²) in [6.07, 6.45) is 5.41. The van der Waals surface area contributed by atoms with Crippen LogP contribution in [0.2, 0.25) is 0 Å². The van der Waals surface area contributed by atoms with Crippen molar-refractivity contribution in [1.29, 1.82) is 0 Å². The Morgan fingerprint density at radius 3 is 2.60 bits per heavy atom. The van der Waals surface area contributed by atoms with Crippen LogP contribution in [0.1, 0.15) is 42.7 Å². The van der Waals surface area contributed by atoms with Gasteiger partial charge in [-0.1, -0.05) is 6.92 Å². The van der Waals surface area contributed by atoms with Gasteiger partial charge in [0.1, 0.15) is 5.69 Å². The largest absolute Gasteiger partial charge is 0.339 e. The van der Waals surface area contributed by atoms with E-state index in [1.807, 2.05) is 31.3 Å². The zero-order valence-electron chi connectivity index (χ0n) is 12.6. The molecule has 1 amide bonds. The number of hydrogen-bond donors (Lipinski definition) is 0. The van der Waals surface area contributed by atoms with E-state index in [4.69, 9.17) is 0 Å². The summed E-state index contributed by atoms with van der Waals surface area (Å²) in [5, 5.41) is 0. The third kappa shape index (κ3) is 3.85. The van der Waals surface area contributed by atoms with E-state index in [1.54, 1.807) is 0 Å². The van der Waals surface area contributed by atoms with Gasteiger partial charge in [0.25, 0.3) is 5.91 Å². The summed E-state index contributed by atoms with van der Waals surface area (Å²) in [5.41, 5.74) is 0.826. The topological polar surface area (TPSA) is 28.5 Å². The molecule has 1 fully saturated rings. The summed E-state index contributed by atoms with van der Waals surface area (Å²) in [5.74, 6) is 0.159. The van der Waals surface area contributed by atoms with Crippen molar-refractivity contribution in [2.75, 3.05) is 33.7 Å². The minimum absolute atomic E-state index is 0.159. The molecule has 4 nitrogen and oxygen atoms in total. The molecule has 1 aromatic rings. The van der Waals surface area contributed by atoms with Gasteiger partial charge < -0.3 is 14.4 Å². The van der Waals surface area contributed by atoms with Gasteiger partial charge in [-0.25, -0.2) is 0 Å². The summed E-state index contributed by atoms with van der Waals surface area (Å²) in [4.78, 5) is 16.9. The number of amides is 1. The first kappa shape index (κ1) is 15.6. The Hall–Kier alpha value is -0.810. The predicted molar refractivity (Wildman–Crippen MR) is 85.2 cm³/mol. The molecular weight excluding hydrogens is 318 g/mol. The quantitative estimate of drug-likeness (QED) is 0.762.